The van der Waals surface area contributed by atoms with Crippen molar-refractivity contribution in [3.8, 4) is 5.75 Å². The molecule has 0 spiro atoms. The molecule has 125 heavy (non-hydrogen) atoms. The van der Waals surface area contributed by atoms with Crippen LogP contribution in [0.3, 0.4) is 0 Å². The number of guanidine groups is 2. The molecule has 1 aliphatic heterocycles. The molecule has 1 saturated heterocycles. The van der Waals surface area contributed by atoms with Gasteiger partial charge in [0.2, 0.25) is 94.5 Å². The first-order chi connectivity index (χ1) is 58.9. The number of carboxylic acid groups (broad SMARTS) is 2. The van der Waals surface area contributed by atoms with Crippen LogP contribution in [0, 0.1) is 28.6 Å². The number of primary amides is 1. The molecule has 31 N–H and O–H groups in total. The van der Waals surface area contributed by atoms with Gasteiger partial charge in [-0.2, -0.15) is 25.3 Å². The highest BCUT2D eigenvalue weighted by Gasteiger charge is 2.44. The summed E-state index contributed by atoms with van der Waals surface area (Å²) in [6.07, 6.45) is -2.17. The summed E-state index contributed by atoms with van der Waals surface area (Å²) in [5.74, 6) is -22.9. The molecule has 0 aliphatic carbocycles. The highest BCUT2D eigenvalue weighted by molar-refractivity contribution is 7.80. The number of aliphatic hydroxyl groups is 2. The number of hydrogen-bond acceptors (Lipinski definition) is 26. The van der Waals surface area contributed by atoms with E-state index in [0.29, 0.717) is 17.5 Å². The molecule has 16 atom stereocenters. The second kappa shape index (κ2) is 54.4. The minimum atomic E-state index is -1.93. The summed E-state index contributed by atoms with van der Waals surface area (Å²) in [4.78, 5) is 245. The van der Waals surface area contributed by atoms with E-state index in [9.17, 15) is 112 Å². The first kappa shape index (κ1) is 107. The average molecular weight is 1800 g/mol. The summed E-state index contributed by atoms with van der Waals surface area (Å²) < 4.78 is 0. The van der Waals surface area contributed by atoms with Gasteiger partial charge in [0.25, 0.3) is 0 Å². The maximum Gasteiger partial charge on any atom is 0.326 e. The molecular formula is C77H121N23O23S2. The first-order valence-electron chi connectivity index (χ1n) is 40.3. The number of phenols is 1. The molecule has 0 aromatic heterocycles. The van der Waals surface area contributed by atoms with Gasteiger partial charge in [0.15, 0.2) is 11.9 Å². The van der Waals surface area contributed by atoms with Crippen LogP contribution in [0.4, 0.5) is 0 Å². The summed E-state index contributed by atoms with van der Waals surface area (Å²) in [7, 11) is 0. The Balaban J connectivity index is 1.75. The number of likely N-dealkylation sites (tertiary alicyclic amines) is 1. The molecule has 0 bridgehead atoms. The number of phenolic OH excluding ortho intramolecular Hbond substituents is 1. The lowest BCUT2D eigenvalue weighted by Crippen LogP contribution is -2.62. The summed E-state index contributed by atoms with van der Waals surface area (Å²) in [6, 6.07) is -7.96. The van der Waals surface area contributed by atoms with Gasteiger partial charge in [-0.15, -0.1) is 0 Å². The van der Waals surface area contributed by atoms with Gasteiger partial charge in [-0.1, -0.05) is 90.4 Å². The molecule has 2 aromatic carbocycles. The fraction of sp³-hybridized carbons (Fsp3) is 0.584. The van der Waals surface area contributed by atoms with Crippen molar-refractivity contribution in [1.82, 2.24) is 90.0 Å². The molecule has 16 amide bonds. The van der Waals surface area contributed by atoms with Gasteiger partial charge in [0, 0.05) is 56.3 Å². The molecule has 0 radical (unpaired) electrons. The highest BCUT2D eigenvalue weighted by atomic mass is 32.1. The normalized spacial score (nSPS) is 16.3. The van der Waals surface area contributed by atoms with Crippen LogP contribution < -0.4 is 108 Å². The zero-order chi connectivity index (χ0) is 94.1. The van der Waals surface area contributed by atoms with E-state index in [1.807, 2.05) is 0 Å². The first-order valence-corrected chi connectivity index (χ1v) is 41.6. The Labute approximate surface area is 732 Å². The van der Waals surface area contributed by atoms with Crippen LogP contribution in [0.5, 0.6) is 5.75 Å². The van der Waals surface area contributed by atoms with E-state index in [2.05, 4.69) is 110 Å². The Bertz CT molecular complexity index is 4080. The topological polar surface area (TPSA) is 756 Å². The molecule has 48 heteroatoms. The molecule has 2 aromatic rings. The van der Waals surface area contributed by atoms with Gasteiger partial charge in [0.05, 0.1) is 32.3 Å². The molecule has 1 heterocycles. The van der Waals surface area contributed by atoms with Crippen LogP contribution in [0.15, 0.2) is 54.6 Å². The predicted octanol–water partition coefficient (Wildman–Crippen LogP) is -8.51. The monoisotopic (exact) mass is 1800 g/mol. The number of amides is 16. The number of rotatable bonds is 56. The molecular weight excluding hydrogens is 1680 g/mol. The fourth-order valence-corrected chi connectivity index (χ4v) is 13.1. The standard InChI is InChI=1S/C77H121N23O23S2/c1-8-39(6)61(99-70(117)54(17-13-27-85-77(82)83)100-40(7)28-44(78)74(100)121)73(120)98-60(38(4)5)72(119)92-47(22-24-55(79)104)65(112)96-53(36-125)69(116)90-45(16-12-26-84-76(80)81)64(111)94-51(34-102)68(115)97-59(37(2)3)71(118)91-46(23-25-58(107)108)62(109)86-32-57(106)89-50(33-101)67(114)95-52(35-124)63(110)87-31-56(105)88-48(29-41-14-10-9-11-15-41)66(113)93-49(75(122)123)30-42-18-20-43(103)21-19-42/h9-11,14-15,18-21,37-40,44-54,59-61,101-103,124-125H,8,12-13,16-17,22-36,78H2,1-7H3,(H2,79,104)(H,86,109)(H,87,110)(H,88,105)(H,89,106)(H,90,116)(H,91,118)(H,92,119)(H,93,113)(H,94,111)(H,95,114)(H,96,112)(H,97,115)(H,98,120)(H,99,117)(H,107,108)(H,122,123)(H4,80,81,84)(H4,82,83,85)/t39-,40?,44-,45-,46-,47-,48-,49-,50-,51-,52-,53-,54-,59-,60-,61-/m0/s1. The third kappa shape index (κ3) is 37.4. The predicted molar refractivity (Wildman–Crippen MR) is 456 cm³/mol. The van der Waals surface area contributed by atoms with Crippen molar-refractivity contribution in [2.75, 3.05) is 50.9 Å². The van der Waals surface area contributed by atoms with Crippen LogP contribution in [-0.4, -0.2) is 290 Å². The van der Waals surface area contributed by atoms with Gasteiger partial charge >= 0.3 is 11.9 Å². The number of nitrogens with one attached hydrogen (secondary N) is 18. The summed E-state index contributed by atoms with van der Waals surface area (Å²) in [5.41, 5.74) is 23.5. The van der Waals surface area contributed by atoms with E-state index in [-0.39, 0.29) is 69.7 Å². The van der Waals surface area contributed by atoms with E-state index in [1.54, 1.807) is 65.0 Å². The maximum atomic E-state index is 14.4. The highest BCUT2D eigenvalue weighted by Crippen LogP contribution is 2.25. The van der Waals surface area contributed by atoms with Gasteiger partial charge < -0.3 is 138 Å². The van der Waals surface area contributed by atoms with Gasteiger partial charge in [-0.3, -0.25) is 92.3 Å². The van der Waals surface area contributed by atoms with Crippen LogP contribution in [0.25, 0.3) is 0 Å². The third-order valence-corrected chi connectivity index (χ3v) is 20.5. The largest absolute Gasteiger partial charge is 0.508 e. The Morgan fingerprint density at radius 3 is 1.32 bits per heavy atom. The molecule has 694 valence electrons. The number of hydrogen-bond donors (Lipinski definition) is 29. The quantitative estimate of drug-likeness (QED) is 0.0127. The van der Waals surface area contributed by atoms with Crippen LogP contribution in [0.2, 0.25) is 0 Å². The lowest BCUT2D eigenvalue weighted by molar-refractivity contribution is -0.142. The zero-order valence-electron chi connectivity index (χ0n) is 70.5. The number of carbonyl (C=O) groups excluding carboxylic acids is 16. The molecule has 0 saturated carbocycles. The maximum absolute atomic E-state index is 14.4. The zero-order valence-corrected chi connectivity index (χ0v) is 72.3. The Morgan fingerprint density at radius 2 is 0.848 bits per heavy atom. The van der Waals surface area contributed by atoms with Crippen LogP contribution in [-0.2, 0) is 99.1 Å². The Morgan fingerprint density at radius 1 is 0.464 bits per heavy atom. The number of aliphatic carboxylic acids is 2. The van der Waals surface area contributed by atoms with Crippen molar-refractivity contribution < 1.29 is 112 Å². The molecule has 3 rings (SSSR count). The number of thiol groups is 2. The van der Waals surface area contributed by atoms with Crippen molar-refractivity contribution in [2.24, 2.45) is 40.7 Å². The second-order valence-corrected chi connectivity index (χ2v) is 31.2. The molecule has 1 aliphatic rings. The smallest absolute Gasteiger partial charge is 0.326 e. The van der Waals surface area contributed by atoms with Crippen molar-refractivity contribution in [2.45, 2.75) is 216 Å². The fourth-order valence-electron chi connectivity index (χ4n) is 12.6. The van der Waals surface area contributed by atoms with Crippen LogP contribution >= 0.6 is 25.3 Å². The molecule has 1 unspecified atom stereocenters. The van der Waals surface area contributed by atoms with Crippen molar-refractivity contribution in [3.63, 3.8) is 0 Å². The van der Waals surface area contributed by atoms with Crippen LogP contribution in [0.1, 0.15) is 124 Å². The average Bonchev–Trinajstić information content (AvgIpc) is 1.66. The van der Waals surface area contributed by atoms with Crippen molar-refractivity contribution in [3.05, 3.63) is 65.7 Å². The van der Waals surface area contributed by atoms with E-state index < -0.39 is 284 Å². The van der Waals surface area contributed by atoms with Gasteiger partial charge in [-0.25, -0.2) is 4.79 Å². The minimum absolute atomic E-state index is 0.0394. The number of aliphatic hydroxyl groups excluding tert-OH is 2. The lowest BCUT2D eigenvalue weighted by Gasteiger charge is -2.34. The van der Waals surface area contributed by atoms with E-state index in [4.69, 9.17) is 33.8 Å². The number of nitrogens with two attached hydrogens (primary N) is 4. The second-order valence-electron chi connectivity index (χ2n) is 30.4. The number of carboxylic acids is 2. The number of nitrogens with zero attached hydrogens (tertiary/aromatic N) is 1. The van der Waals surface area contributed by atoms with E-state index >= 15 is 0 Å². The van der Waals surface area contributed by atoms with Crippen molar-refractivity contribution >= 4 is 144 Å². The SMILES string of the molecule is CC[C@H](C)[C@H](NC(=O)[C@H](CCCNC(=N)N)N1C(=O)[C@@H](N)CC1C)C(=O)N[C@H](C(=O)N[C@@H](CCC(N)=O)C(=O)N[C@@H](CS)C(=O)N[C@@H](CCCNC(=N)N)C(=O)N[C@@H](CO)C(=O)N[C@H](C(=O)N[C@@H](CCC(=O)O)C(=O)NCC(=O)N[C@@H](CO)C(=O)N[C@@H](CS)C(=O)NCC(=O)N[C@@H](Cc1ccccc1)C(=O)N[C@@H](Cc1ccc(O)cc1)C(=O)O)C(C)C)C(C)C. The Kier molecular flexibility index (Phi) is 46.6. The summed E-state index contributed by atoms with van der Waals surface area (Å²) >= 11 is 8.34. The van der Waals surface area contributed by atoms with Gasteiger partial charge in [0.1, 0.15) is 84.3 Å². The van der Waals surface area contributed by atoms with E-state index in [0.717, 1.165) is 0 Å². The number of benzene rings is 2. The summed E-state index contributed by atoms with van der Waals surface area (Å²) in [5, 5.41) is 104. The summed E-state index contributed by atoms with van der Waals surface area (Å²) in [6.45, 7) is 7.10. The number of aromatic hydroxyl groups is 1. The number of carbonyl (C=O) groups is 18. The van der Waals surface area contributed by atoms with E-state index in [1.165, 1.54) is 43.0 Å². The minimum Gasteiger partial charge on any atom is -0.508 e. The molecule has 46 nitrogen and oxygen atoms in total. The third-order valence-electron chi connectivity index (χ3n) is 19.8. The lowest BCUT2D eigenvalue weighted by atomic mass is 9.95. The molecule has 1 fully saturated rings. The Hall–Kier alpha value is -12.2. The van der Waals surface area contributed by atoms with Gasteiger partial charge in [-0.05, 0) is 92.9 Å². The van der Waals surface area contributed by atoms with Crippen molar-refractivity contribution in [1.29, 1.82) is 10.8 Å².